The SMILES string of the molecule is CC(NC(=O)N1CCC2CCC(C1)N2C)c1cccc(Cl)c1. The van der Waals surface area contributed by atoms with Crippen LogP contribution in [0.5, 0.6) is 0 Å². The third-order valence-corrected chi connectivity index (χ3v) is 5.36. The number of likely N-dealkylation sites (tertiary alicyclic amines) is 1. The summed E-state index contributed by atoms with van der Waals surface area (Å²) < 4.78 is 0. The zero-order chi connectivity index (χ0) is 15.7. The van der Waals surface area contributed by atoms with Crippen molar-refractivity contribution >= 4 is 17.6 Å². The van der Waals surface area contributed by atoms with E-state index in [1.807, 2.05) is 36.1 Å². The van der Waals surface area contributed by atoms with Crippen molar-refractivity contribution in [3.05, 3.63) is 34.9 Å². The molecule has 3 rings (SSSR count). The molecule has 3 atom stereocenters. The van der Waals surface area contributed by atoms with Crippen LogP contribution in [0.25, 0.3) is 0 Å². The summed E-state index contributed by atoms with van der Waals surface area (Å²) in [7, 11) is 2.19. The van der Waals surface area contributed by atoms with Crippen LogP contribution >= 0.6 is 11.6 Å². The van der Waals surface area contributed by atoms with Gasteiger partial charge in [-0.1, -0.05) is 23.7 Å². The molecule has 3 unspecified atom stereocenters. The second-order valence-electron chi connectivity index (χ2n) is 6.51. The number of amides is 2. The van der Waals surface area contributed by atoms with Gasteiger partial charge in [-0.05, 0) is 50.9 Å². The number of fused-ring (bicyclic) bond motifs is 2. The zero-order valence-electron chi connectivity index (χ0n) is 13.3. The lowest BCUT2D eigenvalue weighted by Gasteiger charge is -2.27. The molecule has 5 heteroatoms. The fourth-order valence-corrected chi connectivity index (χ4v) is 3.83. The van der Waals surface area contributed by atoms with Gasteiger partial charge in [0, 0.05) is 30.2 Å². The van der Waals surface area contributed by atoms with Gasteiger partial charge >= 0.3 is 6.03 Å². The van der Waals surface area contributed by atoms with Gasteiger partial charge in [0.05, 0.1) is 6.04 Å². The summed E-state index contributed by atoms with van der Waals surface area (Å²) in [5, 5.41) is 3.81. The van der Waals surface area contributed by atoms with E-state index in [0.29, 0.717) is 17.1 Å². The zero-order valence-corrected chi connectivity index (χ0v) is 14.0. The molecule has 120 valence electrons. The number of urea groups is 1. The van der Waals surface area contributed by atoms with Crippen molar-refractivity contribution < 1.29 is 4.79 Å². The Morgan fingerprint density at radius 2 is 2.09 bits per heavy atom. The molecule has 2 bridgehead atoms. The number of hydrogen-bond acceptors (Lipinski definition) is 2. The van der Waals surface area contributed by atoms with E-state index < -0.39 is 0 Å². The van der Waals surface area contributed by atoms with Crippen LogP contribution in [-0.4, -0.2) is 48.1 Å². The van der Waals surface area contributed by atoms with E-state index in [1.54, 1.807) is 0 Å². The Kier molecular flexibility index (Phi) is 4.59. The molecule has 2 amide bonds. The van der Waals surface area contributed by atoms with E-state index in [1.165, 1.54) is 12.8 Å². The van der Waals surface area contributed by atoms with Crippen molar-refractivity contribution in [1.29, 1.82) is 0 Å². The predicted molar refractivity (Wildman–Crippen MR) is 89.2 cm³/mol. The molecule has 0 radical (unpaired) electrons. The van der Waals surface area contributed by atoms with Gasteiger partial charge in [0.2, 0.25) is 0 Å². The van der Waals surface area contributed by atoms with Gasteiger partial charge in [-0.25, -0.2) is 4.79 Å². The topological polar surface area (TPSA) is 35.6 Å². The normalized spacial score (nSPS) is 26.6. The third-order valence-electron chi connectivity index (χ3n) is 5.12. The first kappa shape index (κ1) is 15.6. The molecule has 2 fully saturated rings. The van der Waals surface area contributed by atoms with Crippen LogP contribution in [0.2, 0.25) is 5.02 Å². The van der Waals surface area contributed by atoms with Crippen LogP contribution in [0.15, 0.2) is 24.3 Å². The molecule has 0 aromatic heterocycles. The molecule has 0 aliphatic carbocycles. The first-order valence-corrected chi connectivity index (χ1v) is 8.45. The van der Waals surface area contributed by atoms with Crippen molar-refractivity contribution in [2.45, 2.75) is 44.3 Å². The van der Waals surface area contributed by atoms with Gasteiger partial charge < -0.3 is 10.2 Å². The first-order valence-electron chi connectivity index (χ1n) is 8.07. The summed E-state index contributed by atoms with van der Waals surface area (Å²) in [6.45, 7) is 3.68. The molecule has 2 heterocycles. The molecule has 2 aliphatic rings. The minimum Gasteiger partial charge on any atom is -0.331 e. The van der Waals surface area contributed by atoms with Crippen molar-refractivity contribution in [2.75, 3.05) is 20.1 Å². The summed E-state index contributed by atoms with van der Waals surface area (Å²) in [5.74, 6) is 0. The number of nitrogens with zero attached hydrogens (tertiary/aromatic N) is 2. The highest BCUT2D eigenvalue weighted by Gasteiger charge is 2.36. The number of carbonyl (C=O) groups is 1. The van der Waals surface area contributed by atoms with Crippen LogP contribution in [0.1, 0.15) is 37.8 Å². The van der Waals surface area contributed by atoms with Gasteiger partial charge in [0.25, 0.3) is 0 Å². The average molecular weight is 322 g/mol. The lowest BCUT2D eigenvalue weighted by atomic mass is 10.1. The van der Waals surface area contributed by atoms with Crippen LogP contribution in [0.4, 0.5) is 4.79 Å². The van der Waals surface area contributed by atoms with E-state index in [0.717, 1.165) is 25.1 Å². The van der Waals surface area contributed by atoms with Crippen molar-refractivity contribution in [3.8, 4) is 0 Å². The summed E-state index contributed by atoms with van der Waals surface area (Å²) in [4.78, 5) is 17.0. The average Bonchev–Trinajstić information content (AvgIpc) is 2.71. The van der Waals surface area contributed by atoms with Crippen molar-refractivity contribution in [1.82, 2.24) is 15.1 Å². The number of benzene rings is 1. The minimum atomic E-state index is -0.0376. The molecular weight excluding hydrogens is 298 g/mol. The lowest BCUT2D eigenvalue weighted by molar-refractivity contribution is 0.185. The fourth-order valence-electron chi connectivity index (χ4n) is 3.63. The minimum absolute atomic E-state index is 0.0356. The van der Waals surface area contributed by atoms with Crippen LogP contribution < -0.4 is 5.32 Å². The maximum Gasteiger partial charge on any atom is 0.317 e. The highest BCUT2D eigenvalue weighted by atomic mass is 35.5. The molecule has 1 N–H and O–H groups in total. The van der Waals surface area contributed by atoms with E-state index in [2.05, 4.69) is 17.3 Å². The highest BCUT2D eigenvalue weighted by molar-refractivity contribution is 6.30. The molecule has 0 spiro atoms. The molecule has 22 heavy (non-hydrogen) atoms. The molecule has 0 saturated carbocycles. The molecule has 1 aromatic carbocycles. The number of carbonyl (C=O) groups excluding carboxylic acids is 1. The smallest absolute Gasteiger partial charge is 0.317 e. The number of rotatable bonds is 2. The third kappa shape index (κ3) is 3.23. The Morgan fingerprint density at radius 1 is 1.32 bits per heavy atom. The highest BCUT2D eigenvalue weighted by Crippen LogP contribution is 2.28. The van der Waals surface area contributed by atoms with Gasteiger partial charge in [-0.3, -0.25) is 4.90 Å². The second-order valence-corrected chi connectivity index (χ2v) is 6.95. The lowest BCUT2D eigenvalue weighted by Crippen LogP contribution is -2.45. The number of hydrogen-bond donors (Lipinski definition) is 1. The van der Waals surface area contributed by atoms with Gasteiger partial charge in [0.15, 0.2) is 0 Å². The van der Waals surface area contributed by atoms with E-state index >= 15 is 0 Å². The largest absolute Gasteiger partial charge is 0.331 e. The van der Waals surface area contributed by atoms with E-state index in [4.69, 9.17) is 11.6 Å². The van der Waals surface area contributed by atoms with Crippen molar-refractivity contribution in [2.24, 2.45) is 0 Å². The Bertz CT molecular complexity index is 550. The monoisotopic (exact) mass is 321 g/mol. The Balaban J connectivity index is 1.62. The van der Waals surface area contributed by atoms with Crippen LogP contribution in [0.3, 0.4) is 0 Å². The predicted octanol–water partition coefficient (Wildman–Crippen LogP) is 3.28. The van der Waals surface area contributed by atoms with Crippen molar-refractivity contribution in [3.63, 3.8) is 0 Å². The van der Waals surface area contributed by atoms with E-state index in [9.17, 15) is 4.79 Å². The van der Waals surface area contributed by atoms with Gasteiger partial charge in [-0.15, -0.1) is 0 Å². The number of likely N-dealkylation sites (N-methyl/N-ethyl adjacent to an activating group) is 1. The fraction of sp³-hybridized carbons (Fsp3) is 0.588. The van der Waals surface area contributed by atoms with E-state index in [-0.39, 0.29) is 12.1 Å². The number of halogens is 1. The van der Waals surface area contributed by atoms with Crippen LogP contribution in [0, 0.1) is 0 Å². The Morgan fingerprint density at radius 3 is 2.86 bits per heavy atom. The van der Waals surface area contributed by atoms with Crippen LogP contribution in [-0.2, 0) is 0 Å². The molecule has 1 aromatic rings. The quantitative estimate of drug-likeness (QED) is 0.907. The molecular formula is C17H24ClN3O. The summed E-state index contributed by atoms with van der Waals surface area (Å²) in [6.07, 6.45) is 3.55. The maximum atomic E-state index is 12.6. The summed E-state index contributed by atoms with van der Waals surface area (Å²) in [5.41, 5.74) is 1.04. The van der Waals surface area contributed by atoms with Gasteiger partial charge in [-0.2, -0.15) is 0 Å². The number of nitrogens with one attached hydrogen (secondary N) is 1. The maximum absolute atomic E-state index is 12.6. The molecule has 2 aliphatic heterocycles. The molecule has 2 saturated heterocycles. The first-order chi connectivity index (χ1) is 10.5. The summed E-state index contributed by atoms with van der Waals surface area (Å²) in [6, 6.07) is 8.83. The standard InChI is InChI=1S/C17H24ClN3O/c1-12(13-4-3-5-14(18)10-13)19-17(22)21-9-8-15-6-7-16(11-21)20(15)2/h3-5,10,12,15-16H,6-9,11H2,1-2H3,(H,19,22). The summed E-state index contributed by atoms with van der Waals surface area (Å²) >= 11 is 6.03. The Hall–Kier alpha value is -1.26. The Labute approximate surface area is 137 Å². The van der Waals surface area contributed by atoms with Gasteiger partial charge in [0.1, 0.15) is 0 Å². The second kappa shape index (κ2) is 6.47. The molecule has 4 nitrogen and oxygen atoms in total.